The second kappa shape index (κ2) is 11.8. The zero-order valence-corrected chi connectivity index (χ0v) is 19.9. The molecule has 9 heteroatoms. The Balaban J connectivity index is 1.44. The number of carbonyl (C=O) groups is 2. The van der Waals surface area contributed by atoms with Gasteiger partial charge in [0.05, 0.1) is 7.11 Å². The Morgan fingerprint density at radius 2 is 1.63 bits per heavy atom. The third-order valence-electron chi connectivity index (χ3n) is 5.17. The van der Waals surface area contributed by atoms with Gasteiger partial charge in [-0.05, 0) is 23.3 Å². The van der Waals surface area contributed by atoms with E-state index in [-0.39, 0.29) is 5.91 Å². The lowest BCUT2D eigenvalue weighted by Crippen LogP contribution is -2.49. The molecule has 3 N–H and O–H groups in total. The second-order valence-electron chi connectivity index (χ2n) is 7.69. The Kier molecular flexibility index (Phi) is 8.03. The molecule has 0 aliphatic carbocycles. The number of benzene rings is 3. The van der Waals surface area contributed by atoms with E-state index in [4.69, 9.17) is 4.74 Å². The molecule has 1 heterocycles. The van der Waals surface area contributed by atoms with Crippen molar-refractivity contribution >= 4 is 28.4 Å². The van der Waals surface area contributed by atoms with Crippen molar-refractivity contribution in [2.75, 3.05) is 12.4 Å². The summed E-state index contributed by atoms with van der Waals surface area (Å²) in [6.07, 6.45) is 0.326. The minimum atomic E-state index is -0.808. The molecule has 4 aromatic rings. The fourth-order valence-corrected chi connectivity index (χ4v) is 4.13. The summed E-state index contributed by atoms with van der Waals surface area (Å²) in [5.74, 6) is 0.328. The Labute approximate surface area is 207 Å². The van der Waals surface area contributed by atoms with Crippen LogP contribution in [0.4, 0.5) is 9.93 Å². The first kappa shape index (κ1) is 23.9. The summed E-state index contributed by atoms with van der Waals surface area (Å²) in [7, 11) is 1.60. The average Bonchev–Trinajstić information content (AvgIpc) is 3.37. The highest BCUT2D eigenvalue weighted by molar-refractivity contribution is 7.18. The number of methoxy groups -OCH3 is 1. The molecule has 0 bridgehead atoms. The molecule has 0 fully saturated rings. The van der Waals surface area contributed by atoms with Gasteiger partial charge in [0.25, 0.3) is 0 Å². The number of hydrogen-bond acceptors (Lipinski definition) is 6. The van der Waals surface area contributed by atoms with Gasteiger partial charge in [-0.15, -0.1) is 10.2 Å². The van der Waals surface area contributed by atoms with Crippen LogP contribution >= 0.6 is 11.3 Å². The molecular weight excluding hydrogens is 462 g/mol. The van der Waals surface area contributed by atoms with Gasteiger partial charge in [-0.2, -0.15) is 0 Å². The largest absolute Gasteiger partial charge is 0.497 e. The number of aromatic nitrogens is 2. The number of nitrogens with one attached hydrogen (secondary N) is 3. The third kappa shape index (κ3) is 6.87. The molecule has 178 valence electrons. The number of anilines is 1. The summed E-state index contributed by atoms with van der Waals surface area (Å²) in [6, 6.07) is 25.3. The van der Waals surface area contributed by atoms with Crippen LogP contribution in [-0.2, 0) is 17.8 Å². The van der Waals surface area contributed by atoms with Gasteiger partial charge in [-0.3, -0.25) is 10.1 Å². The number of carbonyl (C=O) groups excluding carboxylic acids is 2. The Morgan fingerprint density at radius 1 is 0.914 bits per heavy atom. The number of ether oxygens (including phenoxy) is 1. The Morgan fingerprint density at radius 3 is 2.34 bits per heavy atom. The van der Waals surface area contributed by atoms with Crippen LogP contribution in [0.2, 0.25) is 0 Å². The van der Waals surface area contributed by atoms with Crippen LogP contribution in [0.5, 0.6) is 5.75 Å². The van der Waals surface area contributed by atoms with Crippen molar-refractivity contribution in [3.63, 3.8) is 0 Å². The van der Waals surface area contributed by atoms with Gasteiger partial charge in [0.1, 0.15) is 16.8 Å². The van der Waals surface area contributed by atoms with Gasteiger partial charge in [0.15, 0.2) is 0 Å². The SMILES string of the molecule is COc1cccc(-c2nnc(NC(=O)C(Cc3ccccc3)NC(=O)NCc3ccccc3)s2)c1. The molecule has 0 saturated heterocycles. The molecule has 0 aliphatic heterocycles. The van der Waals surface area contributed by atoms with E-state index in [0.717, 1.165) is 16.7 Å². The van der Waals surface area contributed by atoms with Crippen LogP contribution < -0.4 is 20.7 Å². The monoisotopic (exact) mass is 487 g/mol. The minimum absolute atomic E-state index is 0.326. The molecule has 35 heavy (non-hydrogen) atoms. The highest BCUT2D eigenvalue weighted by Crippen LogP contribution is 2.28. The van der Waals surface area contributed by atoms with Crippen LogP contribution in [0.3, 0.4) is 0 Å². The third-order valence-corrected chi connectivity index (χ3v) is 6.06. The quantitative estimate of drug-likeness (QED) is 0.327. The Bertz CT molecular complexity index is 1260. The van der Waals surface area contributed by atoms with Gasteiger partial charge in [0, 0.05) is 18.5 Å². The van der Waals surface area contributed by atoms with Gasteiger partial charge < -0.3 is 15.4 Å². The predicted octanol–water partition coefficient (Wildman–Crippen LogP) is 4.26. The molecule has 3 amide bonds. The topological polar surface area (TPSA) is 105 Å². The molecule has 0 aliphatic rings. The zero-order chi connectivity index (χ0) is 24.5. The summed E-state index contributed by atoms with van der Waals surface area (Å²) in [5.41, 5.74) is 2.72. The molecule has 0 radical (unpaired) electrons. The lowest BCUT2D eigenvalue weighted by atomic mass is 10.1. The maximum atomic E-state index is 13.1. The first-order chi connectivity index (χ1) is 17.1. The van der Waals surface area contributed by atoms with E-state index in [1.54, 1.807) is 7.11 Å². The molecular formula is C26H25N5O3S. The highest BCUT2D eigenvalue weighted by atomic mass is 32.1. The molecule has 0 spiro atoms. The van der Waals surface area contributed by atoms with Crippen LogP contribution in [0.25, 0.3) is 10.6 Å². The fourth-order valence-electron chi connectivity index (χ4n) is 3.39. The summed E-state index contributed by atoms with van der Waals surface area (Å²) in [6.45, 7) is 0.354. The lowest BCUT2D eigenvalue weighted by molar-refractivity contribution is -0.117. The molecule has 0 saturated carbocycles. The van der Waals surface area contributed by atoms with Crippen LogP contribution in [-0.4, -0.2) is 35.3 Å². The molecule has 8 nitrogen and oxygen atoms in total. The van der Waals surface area contributed by atoms with E-state index in [2.05, 4.69) is 26.1 Å². The highest BCUT2D eigenvalue weighted by Gasteiger charge is 2.23. The number of rotatable bonds is 9. The summed E-state index contributed by atoms with van der Waals surface area (Å²) < 4.78 is 5.26. The van der Waals surface area contributed by atoms with Crippen LogP contribution in [0, 0.1) is 0 Å². The maximum absolute atomic E-state index is 13.1. The molecule has 4 rings (SSSR count). The van der Waals surface area contributed by atoms with Crippen molar-refractivity contribution in [2.45, 2.75) is 19.0 Å². The summed E-state index contributed by atoms with van der Waals surface area (Å²) in [5, 5.41) is 17.7. The van der Waals surface area contributed by atoms with Gasteiger partial charge in [-0.1, -0.05) is 84.1 Å². The van der Waals surface area contributed by atoms with Crippen molar-refractivity contribution < 1.29 is 14.3 Å². The first-order valence-corrected chi connectivity index (χ1v) is 11.8. The summed E-state index contributed by atoms with van der Waals surface area (Å²) in [4.78, 5) is 25.7. The van der Waals surface area contributed by atoms with E-state index in [0.29, 0.717) is 28.9 Å². The number of hydrogen-bond donors (Lipinski definition) is 3. The van der Waals surface area contributed by atoms with Gasteiger partial charge in [0.2, 0.25) is 11.0 Å². The summed E-state index contributed by atoms with van der Waals surface area (Å²) >= 11 is 1.25. The molecule has 1 atom stereocenters. The lowest BCUT2D eigenvalue weighted by Gasteiger charge is -2.18. The van der Waals surface area contributed by atoms with Crippen LogP contribution in [0.1, 0.15) is 11.1 Å². The zero-order valence-electron chi connectivity index (χ0n) is 19.1. The normalized spacial score (nSPS) is 11.3. The van der Waals surface area contributed by atoms with Crippen molar-refractivity contribution in [3.05, 3.63) is 96.1 Å². The van der Waals surface area contributed by atoms with Crippen molar-refractivity contribution in [1.82, 2.24) is 20.8 Å². The molecule has 3 aromatic carbocycles. The fraction of sp³-hybridized carbons (Fsp3) is 0.154. The van der Waals surface area contributed by atoms with E-state index in [1.165, 1.54) is 11.3 Å². The predicted molar refractivity (Wildman–Crippen MR) is 136 cm³/mol. The minimum Gasteiger partial charge on any atom is -0.497 e. The number of nitrogens with zero attached hydrogens (tertiary/aromatic N) is 2. The Hall–Kier alpha value is -4.24. The smallest absolute Gasteiger partial charge is 0.315 e. The second-order valence-corrected chi connectivity index (χ2v) is 8.67. The standard InChI is InChI=1S/C26H25N5O3S/c1-34-21-14-8-13-20(16-21)24-30-31-26(35-24)29-23(32)22(15-18-9-4-2-5-10-18)28-25(33)27-17-19-11-6-3-7-12-19/h2-14,16,22H,15,17H2,1H3,(H2,27,28,33)(H,29,31,32). The molecule has 1 unspecified atom stereocenters. The number of amides is 3. The van der Waals surface area contributed by atoms with Crippen LogP contribution in [0.15, 0.2) is 84.9 Å². The van der Waals surface area contributed by atoms with Crippen molar-refractivity contribution in [1.29, 1.82) is 0 Å². The number of urea groups is 1. The molecule has 1 aromatic heterocycles. The average molecular weight is 488 g/mol. The van der Waals surface area contributed by atoms with E-state index in [9.17, 15) is 9.59 Å². The van der Waals surface area contributed by atoms with E-state index >= 15 is 0 Å². The first-order valence-electron chi connectivity index (χ1n) is 11.0. The van der Waals surface area contributed by atoms with Gasteiger partial charge in [-0.25, -0.2) is 4.79 Å². The maximum Gasteiger partial charge on any atom is 0.315 e. The van der Waals surface area contributed by atoms with E-state index in [1.807, 2.05) is 84.9 Å². The van der Waals surface area contributed by atoms with Crippen molar-refractivity contribution in [2.24, 2.45) is 0 Å². The van der Waals surface area contributed by atoms with Crippen molar-refractivity contribution in [3.8, 4) is 16.3 Å². The van der Waals surface area contributed by atoms with Gasteiger partial charge >= 0.3 is 6.03 Å². The van der Waals surface area contributed by atoms with E-state index < -0.39 is 12.1 Å².